The second-order valence-corrected chi connectivity index (χ2v) is 4.92. The molecule has 1 atom stereocenters. The van der Waals surface area contributed by atoms with Gasteiger partial charge in [0, 0.05) is 16.8 Å². The molecule has 4 nitrogen and oxygen atoms in total. The van der Waals surface area contributed by atoms with E-state index >= 15 is 0 Å². The van der Waals surface area contributed by atoms with Crippen LogP contribution in [0.1, 0.15) is 24.1 Å². The molecule has 0 saturated heterocycles. The highest BCUT2D eigenvalue weighted by Crippen LogP contribution is 2.26. The Bertz CT molecular complexity index is 589. The lowest BCUT2D eigenvalue weighted by molar-refractivity contribution is 0.337. The molecule has 0 bridgehead atoms. The lowest BCUT2D eigenvalue weighted by Gasteiger charge is -2.18. The fraction of sp³-hybridized carbons (Fsp3) is 0.267. The van der Waals surface area contributed by atoms with Crippen molar-refractivity contribution in [2.24, 2.45) is 5.84 Å². The number of nitrogens with zero attached hydrogens (tertiary/aromatic N) is 1. The van der Waals surface area contributed by atoms with Crippen molar-refractivity contribution in [1.29, 1.82) is 0 Å². The van der Waals surface area contributed by atoms with Crippen LogP contribution in [0.25, 0.3) is 0 Å². The molecule has 21 heavy (non-hydrogen) atoms. The van der Waals surface area contributed by atoms with Crippen molar-refractivity contribution < 1.29 is 9.13 Å². The molecule has 1 heterocycles. The van der Waals surface area contributed by atoms with Gasteiger partial charge < -0.3 is 4.74 Å². The number of rotatable bonds is 6. The molecule has 0 amide bonds. The second kappa shape index (κ2) is 7.36. The minimum absolute atomic E-state index is 0.313. The Kier molecular flexibility index (Phi) is 5.50. The van der Waals surface area contributed by atoms with Crippen molar-refractivity contribution in [2.75, 3.05) is 6.61 Å². The Morgan fingerprint density at radius 2 is 2.24 bits per heavy atom. The van der Waals surface area contributed by atoms with Crippen LogP contribution in [0.3, 0.4) is 0 Å². The standard InChI is InChI=1S/C15H17ClFN3O/c1-2-21-11-6-10(8-19-9-11)15(20-18)7-12-13(16)4-3-5-14(12)17/h3-6,8-9,15,20H,2,7,18H2,1H3. The quantitative estimate of drug-likeness (QED) is 0.636. The molecule has 3 N–H and O–H groups in total. The van der Waals surface area contributed by atoms with Crippen molar-refractivity contribution in [2.45, 2.75) is 19.4 Å². The topological polar surface area (TPSA) is 60.2 Å². The third kappa shape index (κ3) is 3.91. The maximum Gasteiger partial charge on any atom is 0.137 e. The summed E-state index contributed by atoms with van der Waals surface area (Å²) in [5.41, 5.74) is 3.90. The predicted octanol–water partition coefficient (Wildman–Crippen LogP) is 3.02. The highest BCUT2D eigenvalue weighted by atomic mass is 35.5. The summed E-state index contributed by atoms with van der Waals surface area (Å²) in [4.78, 5) is 4.11. The number of nitrogens with one attached hydrogen (secondary N) is 1. The van der Waals surface area contributed by atoms with E-state index in [1.165, 1.54) is 6.07 Å². The Labute approximate surface area is 128 Å². The number of hydrogen-bond acceptors (Lipinski definition) is 4. The first kappa shape index (κ1) is 15.7. The molecule has 0 aliphatic heterocycles. The molecule has 1 unspecified atom stereocenters. The van der Waals surface area contributed by atoms with Crippen LogP contribution in [0.5, 0.6) is 5.75 Å². The number of ether oxygens (including phenoxy) is 1. The average molecular weight is 310 g/mol. The first-order valence-electron chi connectivity index (χ1n) is 6.62. The van der Waals surface area contributed by atoms with Crippen LogP contribution < -0.4 is 16.0 Å². The summed E-state index contributed by atoms with van der Waals surface area (Å²) < 4.78 is 19.3. The van der Waals surface area contributed by atoms with E-state index in [0.717, 1.165) is 5.56 Å². The summed E-state index contributed by atoms with van der Waals surface area (Å²) in [6.07, 6.45) is 3.61. The lowest BCUT2D eigenvalue weighted by atomic mass is 10.00. The Hall–Kier alpha value is -1.69. The molecular formula is C15H17ClFN3O. The third-order valence-corrected chi connectivity index (χ3v) is 3.47. The summed E-state index contributed by atoms with van der Waals surface area (Å²) in [5, 5.41) is 0.379. The van der Waals surface area contributed by atoms with Gasteiger partial charge in [-0.1, -0.05) is 17.7 Å². The van der Waals surface area contributed by atoms with Crippen molar-refractivity contribution >= 4 is 11.6 Å². The van der Waals surface area contributed by atoms with Gasteiger partial charge in [0.15, 0.2) is 0 Å². The van der Waals surface area contributed by atoms with Gasteiger partial charge in [-0.05, 0) is 37.1 Å². The van der Waals surface area contributed by atoms with Crippen LogP contribution in [-0.2, 0) is 6.42 Å². The first-order chi connectivity index (χ1) is 10.2. The summed E-state index contributed by atoms with van der Waals surface area (Å²) in [5.74, 6) is 5.89. The summed E-state index contributed by atoms with van der Waals surface area (Å²) >= 11 is 6.05. The minimum Gasteiger partial charge on any atom is -0.492 e. The number of benzene rings is 1. The molecule has 0 saturated carbocycles. The van der Waals surface area contributed by atoms with Crippen molar-refractivity contribution in [3.63, 3.8) is 0 Å². The highest BCUT2D eigenvalue weighted by molar-refractivity contribution is 6.31. The molecule has 0 aliphatic carbocycles. The molecule has 0 fully saturated rings. The monoisotopic (exact) mass is 309 g/mol. The van der Waals surface area contributed by atoms with Crippen LogP contribution in [0.15, 0.2) is 36.7 Å². The smallest absolute Gasteiger partial charge is 0.137 e. The number of hydrazine groups is 1. The molecule has 1 aromatic heterocycles. The van der Waals surface area contributed by atoms with Gasteiger partial charge in [0.2, 0.25) is 0 Å². The molecule has 2 aromatic rings. The van der Waals surface area contributed by atoms with Crippen molar-refractivity contribution in [3.05, 3.63) is 58.6 Å². The molecule has 2 rings (SSSR count). The zero-order chi connectivity index (χ0) is 15.2. The van der Waals surface area contributed by atoms with Gasteiger partial charge in [0.05, 0.1) is 18.8 Å². The fourth-order valence-corrected chi connectivity index (χ4v) is 2.32. The summed E-state index contributed by atoms with van der Waals surface area (Å²) in [6.45, 7) is 2.44. The van der Waals surface area contributed by atoms with Crippen molar-refractivity contribution in [3.8, 4) is 5.75 Å². The zero-order valence-corrected chi connectivity index (χ0v) is 12.4. The zero-order valence-electron chi connectivity index (χ0n) is 11.6. The number of pyridine rings is 1. The van der Waals surface area contributed by atoms with Crippen LogP contribution in [-0.4, -0.2) is 11.6 Å². The first-order valence-corrected chi connectivity index (χ1v) is 7.00. The lowest BCUT2D eigenvalue weighted by Crippen LogP contribution is -2.30. The highest BCUT2D eigenvalue weighted by Gasteiger charge is 2.16. The van der Waals surface area contributed by atoms with Gasteiger partial charge in [-0.2, -0.15) is 0 Å². The second-order valence-electron chi connectivity index (χ2n) is 4.51. The fourth-order valence-electron chi connectivity index (χ4n) is 2.08. The van der Waals surface area contributed by atoms with Gasteiger partial charge in [0.25, 0.3) is 0 Å². The largest absolute Gasteiger partial charge is 0.492 e. The number of halogens is 2. The average Bonchev–Trinajstić information content (AvgIpc) is 2.48. The third-order valence-electron chi connectivity index (χ3n) is 3.12. The molecule has 6 heteroatoms. The van der Waals surface area contributed by atoms with Crippen LogP contribution in [0.4, 0.5) is 4.39 Å². The normalized spacial score (nSPS) is 12.2. The van der Waals surface area contributed by atoms with E-state index in [-0.39, 0.29) is 11.9 Å². The van der Waals surface area contributed by atoms with Crippen LogP contribution in [0, 0.1) is 5.82 Å². The molecular weight excluding hydrogens is 293 g/mol. The maximum absolute atomic E-state index is 13.9. The molecule has 0 aliphatic rings. The summed E-state index contributed by atoms with van der Waals surface area (Å²) in [6, 6.07) is 6.12. The van der Waals surface area contributed by atoms with E-state index in [9.17, 15) is 4.39 Å². The molecule has 0 spiro atoms. The van der Waals surface area contributed by atoms with E-state index in [0.29, 0.717) is 29.4 Å². The molecule has 112 valence electrons. The predicted molar refractivity (Wildman–Crippen MR) is 80.6 cm³/mol. The van der Waals surface area contributed by atoms with Crippen LogP contribution >= 0.6 is 11.6 Å². The molecule has 1 aromatic carbocycles. The van der Waals surface area contributed by atoms with Gasteiger partial charge in [-0.15, -0.1) is 0 Å². The summed E-state index contributed by atoms with van der Waals surface area (Å²) in [7, 11) is 0. The van der Waals surface area contributed by atoms with Crippen molar-refractivity contribution in [1.82, 2.24) is 10.4 Å². The van der Waals surface area contributed by atoms with E-state index in [4.69, 9.17) is 22.2 Å². The van der Waals surface area contributed by atoms with E-state index in [1.54, 1.807) is 24.5 Å². The van der Waals surface area contributed by atoms with Gasteiger partial charge in [-0.3, -0.25) is 16.3 Å². The van der Waals surface area contributed by atoms with E-state index in [1.807, 2.05) is 13.0 Å². The number of nitrogens with two attached hydrogens (primary N) is 1. The maximum atomic E-state index is 13.9. The van der Waals surface area contributed by atoms with Crippen LogP contribution in [0.2, 0.25) is 5.02 Å². The Balaban J connectivity index is 2.26. The van der Waals surface area contributed by atoms with E-state index < -0.39 is 0 Å². The van der Waals surface area contributed by atoms with Gasteiger partial charge >= 0.3 is 0 Å². The Morgan fingerprint density at radius 3 is 2.90 bits per heavy atom. The number of aromatic nitrogens is 1. The molecule has 0 radical (unpaired) electrons. The SMILES string of the molecule is CCOc1cncc(C(Cc2c(F)cccc2Cl)NN)c1. The number of hydrogen-bond donors (Lipinski definition) is 2. The minimum atomic E-state index is -0.350. The Morgan fingerprint density at radius 1 is 1.43 bits per heavy atom. The van der Waals surface area contributed by atoms with Gasteiger partial charge in [0.1, 0.15) is 11.6 Å². The van der Waals surface area contributed by atoms with E-state index in [2.05, 4.69) is 10.4 Å². The van der Waals surface area contributed by atoms with Gasteiger partial charge in [-0.25, -0.2) is 4.39 Å².